The van der Waals surface area contributed by atoms with Gasteiger partial charge in [-0.25, -0.2) is 0 Å². The van der Waals surface area contributed by atoms with Crippen LogP contribution in [0.25, 0.3) is 0 Å². The van der Waals surface area contributed by atoms with Crippen molar-refractivity contribution in [2.45, 2.75) is 67.0 Å². The molecule has 0 saturated carbocycles. The summed E-state index contributed by atoms with van der Waals surface area (Å²) in [6.45, 7) is 17.5. The van der Waals surface area contributed by atoms with E-state index in [4.69, 9.17) is 9.47 Å². The summed E-state index contributed by atoms with van der Waals surface area (Å²) in [5, 5.41) is 3.66. The topological polar surface area (TPSA) is 30.5 Å². The van der Waals surface area contributed by atoms with Crippen LogP contribution in [0.15, 0.2) is 18.2 Å². The summed E-state index contributed by atoms with van der Waals surface area (Å²) < 4.78 is 11.3. The van der Waals surface area contributed by atoms with Crippen LogP contribution in [0.2, 0.25) is 0 Å². The van der Waals surface area contributed by atoms with Gasteiger partial charge >= 0.3 is 0 Å². The lowest BCUT2D eigenvalue weighted by atomic mass is 9.82. The van der Waals surface area contributed by atoms with Gasteiger partial charge < -0.3 is 14.8 Å². The van der Waals surface area contributed by atoms with Crippen LogP contribution in [0.3, 0.4) is 0 Å². The molecule has 1 aromatic rings. The Kier molecular flexibility index (Phi) is 9.01. The number of halogens is 1. The van der Waals surface area contributed by atoms with E-state index < -0.39 is 0 Å². The molecule has 0 bridgehead atoms. The number of benzene rings is 1. The fraction of sp³-hybridized carbons (Fsp3) is 0.684. The lowest BCUT2D eigenvalue weighted by molar-refractivity contribution is 0.240. The molecule has 1 N–H and O–H groups in total. The summed E-state index contributed by atoms with van der Waals surface area (Å²) in [5.74, 6) is 1.65. The molecule has 134 valence electrons. The van der Waals surface area contributed by atoms with Crippen LogP contribution >= 0.6 is 12.4 Å². The zero-order valence-electron chi connectivity index (χ0n) is 15.8. The maximum Gasteiger partial charge on any atom is 0.161 e. The smallest absolute Gasteiger partial charge is 0.161 e. The van der Waals surface area contributed by atoms with E-state index in [2.05, 4.69) is 52.1 Å². The highest BCUT2D eigenvalue weighted by molar-refractivity contribution is 5.85. The van der Waals surface area contributed by atoms with Crippen LogP contribution in [-0.4, -0.2) is 18.8 Å². The van der Waals surface area contributed by atoms with Gasteiger partial charge in [0.15, 0.2) is 11.5 Å². The maximum atomic E-state index is 5.69. The molecule has 0 unspecified atom stereocenters. The zero-order chi connectivity index (χ0) is 16.8. The molecule has 1 aromatic carbocycles. The molecule has 0 amide bonds. The van der Waals surface area contributed by atoms with E-state index in [1.54, 1.807) is 0 Å². The SMILES string of the molecule is CCOc1ccc(CNC(C)(C)CC(C)(C)C)cc1OCC.Cl. The molecule has 23 heavy (non-hydrogen) atoms. The highest BCUT2D eigenvalue weighted by atomic mass is 35.5. The lowest BCUT2D eigenvalue weighted by Crippen LogP contribution is -2.41. The number of rotatable bonds is 8. The zero-order valence-corrected chi connectivity index (χ0v) is 16.6. The molecular formula is C19H34ClNO2. The molecule has 0 saturated heterocycles. The third kappa shape index (κ3) is 8.47. The molecule has 1 rings (SSSR count). The van der Waals surface area contributed by atoms with Gasteiger partial charge in [0.05, 0.1) is 13.2 Å². The molecule has 0 fully saturated rings. The van der Waals surface area contributed by atoms with Crippen LogP contribution in [0, 0.1) is 5.41 Å². The number of hydrogen-bond donors (Lipinski definition) is 1. The Labute approximate surface area is 148 Å². The maximum absolute atomic E-state index is 5.69. The lowest BCUT2D eigenvalue weighted by Gasteiger charge is -2.33. The van der Waals surface area contributed by atoms with Crippen molar-refractivity contribution in [3.05, 3.63) is 23.8 Å². The Morgan fingerprint density at radius 1 is 0.913 bits per heavy atom. The molecule has 0 aliphatic heterocycles. The molecule has 0 aliphatic rings. The first-order chi connectivity index (χ1) is 10.2. The van der Waals surface area contributed by atoms with Crippen LogP contribution in [0.4, 0.5) is 0 Å². The third-order valence-corrected chi connectivity index (χ3v) is 3.35. The second kappa shape index (κ2) is 9.39. The minimum Gasteiger partial charge on any atom is -0.490 e. The first-order valence-electron chi connectivity index (χ1n) is 8.30. The first kappa shape index (κ1) is 22.1. The van der Waals surface area contributed by atoms with Gasteiger partial charge in [0.1, 0.15) is 0 Å². The summed E-state index contributed by atoms with van der Waals surface area (Å²) in [6, 6.07) is 6.19. The molecule has 3 nitrogen and oxygen atoms in total. The third-order valence-electron chi connectivity index (χ3n) is 3.35. The van der Waals surface area contributed by atoms with E-state index in [1.807, 2.05) is 19.9 Å². The highest BCUT2D eigenvalue weighted by Crippen LogP contribution is 2.30. The first-order valence-corrected chi connectivity index (χ1v) is 8.30. The van der Waals surface area contributed by atoms with Gasteiger partial charge in [-0.05, 0) is 57.2 Å². The van der Waals surface area contributed by atoms with Gasteiger partial charge in [-0.2, -0.15) is 0 Å². The fourth-order valence-electron chi connectivity index (χ4n) is 2.94. The van der Waals surface area contributed by atoms with Gasteiger partial charge in [-0.15, -0.1) is 12.4 Å². The normalized spacial score (nSPS) is 11.8. The molecule has 4 heteroatoms. The van der Waals surface area contributed by atoms with Crippen LogP contribution < -0.4 is 14.8 Å². The van der Waals surface area contributed by atoms with Crippen molar-refractivity contribution >= 4 is 12.4 Å². The van der Waals surface area contributed by atoms with E-state index in [0.29, 0.717) is 18.6 Å². The average Bonchev–Trinajstić information content (AvgIpc) is 2.37. The summed E-state index contributed by atoms with van der Waals surface area (Å²) in [4.78, 5) is 0. The van der Waals surface area contributed by atoms with Gasteiger partial charge in [0.25, 0.3) is 0 Å². The Bertz CT molecular complexity index is 467. The molecule has 0 heterocycles. The van der Waals surface area contributed by atoms with E-state index in [1.165, 1.54) is 5.56 Å². The van der Waals surface area contributed by atoms with E-state index in [-0.39, 0.29) is 17.9 Å². The number of nitrogens with one attached hydrogen (secondary N) is 1. The monoisotopic (exact) mass is 343 g/mol. The minimum absolute atomic E-state index is 0. The van der Waals surface area contributed by atoms with Gasteiger partial charge in [0, 0.05) is 12.1 Å². The van der Waals surface area contributed by atoms with Crippen LogP contribution in [0.5, 0.6) is 11.5 Å². The van der Waals surface area contributed by atoms with Crippen LogP contribution in [-0.2, 0) is 6.54 Å². The summed E-state index contributed by atoms with van der Waals surface area (Å²) in [5.41, 5.74) is 1.63. The average molecular weight is 344 g/mol. The van der Waals surface area contributed by atoms with Crippen molar-refractivity contribution in [1.82, 2.24) is 5.32 Å². The van der Waals surface area contributed by atoms with Gasteiger partial charge in [-0.3, -0.25) is 0 Å². The fourth-order valence-corrected chi connectivity index (χ4v) is 2.94. The van der Waals surface area contributed by atoms with Crippen molar-refractivity contribution in [3.63, 3.8) is 0 Å². The summed E-state index contributed by atoms with van der Waals surface area (Å²) in [7, 11) is 0. The van der Waals surface area contributed by atoms with Crippen molar-refractivity contribution in [2.75, 3.05) is 13.2 Å². The van der Waals surface area contributed by atoms with Gasteiger partial charge in [-0.1, -0.05) is 26.8 Å². The molecule has 0 radical (unpaired) electrons. The standard InChI is InChI=1S/C19H33NO2.ClH/c1-8-21-16-11-10-15(12-17(16)22-9-2)13-20-19(6,7)14-18(3,4)5;/h10-12,20H,8-9,13-14H2,1-7H3;1H. The van der Waals surface area contributed by atoms with Crippen molar-refractivity contribution in [1.29, 1.82) is 0 Å². The number of ether oxygens (including phenoxy) is 2. The molecule has 0 aliphatic carbocycles. The minimum atomic E-state index is 0. The second-order valence-electron chi connectivity index (χ2n) is 7.62. The molecule has 0 aromatic heterocycles. The van der Waals surface area contributed by atoms with Crippen molar-refractivity contribution in [2.24, 2.45) is 5.41 Å². The number of hydrogen-bond acceptors (Lipinski definition) is 3. The second-order valence-corrected chi connectivity index (χ2v) is 7.62. The highest BCUT2D eigenvalue weighted by Gasteiger charge is 2.24. The Morgan fingerprint density at radius 3 is 2.00 bits per heavy atom. The van der Waals surface area contributed by atoms with Crippen LogP contribution in [0.1, 0.15) is 60.5 Å². The quantitative estimate of drug-likeness (QED) is 0.702. The summed E-state index contributed by atoms with van der Waals surface area (Å²) in [6.07, 6.45) is 1.12. The molecule has 0 spiro atoms. The van der Waals surface area contributed by atoms with E-state index >= 15 is 0 Å². The van der Waals surface area contributed by atoms with E-state index in [0.717, 1.165) is 24.5 Å². The molecular weight excluding hydrogens is 310 g/mol. The Hall–Kier alpha value is -0.930. The Morgan fingerprint density at radius 2 is 1.48 bits per heavy atom. The summed E-state index contributed by atoms with van der Waals surface area (Å²) >= 11 is 0. The predicted molar refractivity (Wildman–Crippen MR) is 101 cm³/mol. The van der Waals surface area contributed by atoms with Crippen molar-refractivity contribution < 1.29 is 9.47 Å². The molecule has 0 atom stereocenters. The van der Waals surface area contributed by atoms with Gasteiger partial charge in [0.2, 0.25) is 0 Å². The van der Waals surface area contributed by atoms with E-state index in [9.17, 15) is 0 Å². The van der Waals surface area contributed by atoms with Crippen molar-refractivity contribution in [3.8, 4) is 11.5 Å². The largest absolute Gasteiger partial charge is 0.490 e. The Balaban J connectivity index is 0.00000484. The predicted octanol–water partition coefficient (Wildman–Crippen LogP) is 5.21.